The molecular formula is C44H70B2O4Se2Si2. The first-order chi connectivity index (χ1) is 24.7. The molecule has 2 fully saturated rings. The van der Waals surface area contributed by atoms with Gasteiger partial charge in [-0.1, -0.05) is 0 Å². The predicted molar refractivity (Wildman–Crippen MR) is 246 cm³/mol. The number of hydrogen-bond acceptors (Lipinski definition) is 4. The average Bonchev–Trinajstić information content (AvgIpc) is 3.73. The summed E-state index contributed by atoms with van der Waals surface area (Å²) in [5, 5.41) is 5.54. The zero-order chi connectivity index (χ0) is 40.5. The van der Waals surface area contributed by atoms with E-state index in [-0.39, 0.29) is 29.0 Å². The first-order valence-corrected chi connectivity index (χ1v) is 28.8. The summed E-state index contributed by atoms with van der Waals surface area (Å²) in [4.78, 5) is 0. The van der Waals surface area contributed by atoms with Gasteiger partial charge in [-0.3, -0.25) is 0 Å². The molecule has 0 N–H and O–H groups in total. The van der Waals surface area contributed by atoms with Crippen molar-refractivity contribution in [3.05, 3.63) is 24.3 Å². The second kappa shape index (κ2) is 14.1. The van der Waals surface area contributed by atoms with Crippen molar-refractivity contribution < 1.29 is 18.6 Å². The maximum absolute atomic E-state index is 6.95. The van der Waals surface area contributed by atoms with Crippen LogP contribution in [0.5, 0.6) is 0 Å². The Morgan fingerprint density at radius 2 is 0.648 bits per heavy atom. The minimum absolute atomic E-state index is 0.188. The fourth-order valence-electron chi connectivity index (χ4n) is 11.1. The van der Waals surface area contributed by atoms with Crippen LogP contribution in [-0.2, 0) is 18.6 Å². The van der Waals surface area contributed by atoms with Gasteiger partial charge in [0.15, 0.2) is 0 Å². The number of rotatable bonds is 10. The SMILES string of the molecule is CC(C)[Si](c1cc2c(B3OC(C)(C)C(C)(C)O3)cc3c(cc(B4OC(C)(C)C(C)(C)O4)c4cc([Si](C(C)C)(C(C)C)C(C)C)[se]c43)c2[se]1)(C(C)C)C(C)C. The fourth-order valence-corrected chi connectivity index (χ4v) is 39.9. The molecule has 0 saturated carbocycles. The molecule has 2 aliphatic heterocycles. The van der Waals surface area contributed by atoms with Gasteiger partial charge in [0.25, 0.3) is 0 Å². The standard InChI is InChI=1S/C44H70B2O4Se2Si2/c1-25(2)53(26(3)4,27(5)6)37-23-33-35(45-47-41(13,14)42(15,16)48-45)22-32-31(39(33)51-37)21-36(46-49-43(17,18)44(19,20)50-46)34-24-38(52-40(32)34)54(28(7)8,29(9)10)30(11)12/h21-30H,1-20H3. The molecular weight excluding hydrogens is 828 g/mol. The van der Waals surface area contributed by atoms with Crippen LogP contribution in [0, 0.1) is 0 Å². The summed E-state index contributed by atoms with van der Waals surface area (Å²) in [6.07, 6.45) is 0. The van der Waals surface area contributed by atoms with Crippen LogP contribution in [0.25, 0.3) is 30.1 Å². The van der Waals surface area contributed by atoms with Crippen molar-refractivity contribution in [2.75, 3.05) is 0 Å². The van der Waals surface area contributed by atoms with E-state index < -0.39 is 52.8 Å². The van der Waals surface area contributed by atoms with Crippen LogP contribution in [0.2, 0.25) is 33.2 Å². The molecule has 2 aromatic heterocycles. The Bertz CT molecular complexity index is 1830. The van der Waals surface area contributed by atoms with E-state index in [1.54, 1.807) is 8.12 Å². The molecule has 296 valence electrons. The maximum atomic E-state index is 6.95. The topological polar surface area (TPSA) is 36.9 Å². The molecule has 0 radical (unpaired) electrons. The van der Waals surface area contributed by atoms with E-state index in [1.165, 1.54) is 41.0 Å². The first kappa shape index (κ1) is 43.2. The van der Waals surface area contributed by atoms with E-state index >= 15 is 0 Å². The Morgan fingerprint density at radius 1 is 0.407 bits per heavy atom. The van der Waals surface area contributed by atoms with Crippen LogP contribution >= 0.6 is 0 Å². The Balaban J connectivity index is 1.80. The van der Waals surface area contributed by atoms with Crippen molar-refractivity contribution in [3.63, 3.8) is 0 Å². The van der Waals surface area contributed by atoms with Crippen molar-refractivity contribution in [1.29, 1.82) is 0 Å². The van der Waals surface area contributed by atoms with Crippen LogP contribution in [0.4, 0.5) is 0 Å². The average molecular weight is 899 g/mol. The van der Waals surface area contributed by atoms with Crippen molar-refractivity contribution in [3.8, 4) is 0 Å². The van der Waals surface area contributed by atoms with E-state index in [4.69, 9.17) is 18.6 Å². The van der Waals surface area contributed by atoms with Crippen LogP contribution in [0.1, 0.15) is 138 Å². The number of hydrogen-bond donors (Lipinski definition) is 0. The molecule has 4 nitrogen and oxygen atoms in total. The van der Waals surface area contributed by atoms with Gasteiger partial charge in [-0.25, -0.2) is 0 Å². The van der Waals surface area contributed by atoms with E-state index in [2.05, 4.69) is 163 Å². The molecule has 0 atom stereocenters. The van der Waals surface area contributed by atoms with E-state index in [0.29, 0.717) is 33.2 Å². The van der Waals surface area contributed by atoms with E-state index in [0.717, 1.165) is 0 Å². The van der Waals surface area contributed by atoms with Crippen LogP contribution in [0.3, 0.4) is 0 Å². The molecule has 0 spiro atoms. The number of fused-ring (bicyclic) bond motifs is 5. The molecule has 2 saturated heterocycles. The van der Waals surface area contributed by atoms with E-state index in [9.17, 15) is 0 Å². The summed E-state index contributed by atoms with van der Waals surface area (Å²) in [6, 6.07) is 10.4. The van der Waals surface area contributed by atoms with Gasteiger partial charge in [0.05, 0.1) is 0 Å². The molecule has 2 aliphatic rings. The van der Waals surface area contributed by atoms with Crippen molar-refractivity contribution in [1.82, 2.24) is 0 Å². The molecule has 10 heteroatoms. The molecule has 0 aliphatic carbocycles. The molecule has 54 heavy (non-hydrogen) atoms. The third kappa shape index (κ3) is 6.24. The molecule has 0 amide bonds. The molecule has 0 bridgehead atoms. The van der Waals surface area contributed by atoms with Gasteiger partial charge in [-0.15, -0.1) is 0 Å². The second-order valence-corrected chi connectivity index (χ2v) is 38.5. The monoisotopic (exact) mass is 900 g/mol. The first-order valence-electron chi connectivity index (χ1n) is 20.9. The Kier molecular flexibility index (Phi) is 11.3. The van der Waals surface area contributed by atoms with E-state index in [1.807, 2.05) is 0 Å². The van der Waals surface area contributed by atoms with Crippen molar-refractivity contribution >= 4 is 109 Å². The molecule has 4 heterocycles. The van der Waals surface area contributed by atoms with Gasteiger partial charge in [-0.05, 0) is 0 Å². The zero-order valence-electron chi connectivity index (χ0n) is 37.4. The molecule has 2 aromatic carbocycles. The van der Waals surface area contributed by atoms with Gasteiger partial charge in [0.2, 0.25) is 0 Å². The predicted octanol–water partition coefficient (Wildman–Crippen LogP) is 9.63. The Morgan fingerprint density at radius 3 is 0.870 bits per heavy atom. The minimum atomic E-state index is -1.91. The van der Waals surface area contributed by atoms with Gasteiger partial charge in [0.1, 0.15) is 0 Å². The Labute approximate surface area is 343 Å². The summed E-state index contributed by atoms with van der Waals surface area (Å²) in [6.45, 7) is 47.6. The summed E-state index contributed by atoms with van der Waals surface area (Å²) in [5.74, 6) is 0. The van der Waals surface area contributed by atoms with Crippen molar-refractivity contribution in [2.24, 2.45) is 0 Å². The third-order valence-electron chi connectivity index (χ3n) is 15.1. The second-order valence-electron chi connectivity index (χ2n) is 20.7. The molecule has 0 unspecified atom stereocenters. The normalized spacial score (nSPS) is 20.3. The van der Waals surface area contributed by atoms with Crippen LogP contribution < -0.4 is 19.0 Å². The zero-order valence-corrected chi connectivity index (χ0v) is 42.8. The number of benzene rings is 2. The Hall–Kier alpha value is -0.377. The van der Waals surface area contributed by atoms with Crippen LogP contribution in [-0.4, -0.2) is 81.8 Å². The fraction of sp³-hybridized carbons (Fsp3) is 0.682. The summed E-state index contributed by atoms with van der Waals surface area (Å²) in [7, 11) is -4.65. The van der Waals surface area contributed by atoms with Gasteiger partial charge in [-0.2, -0.15) is 0 Å². The molecule has 4 aromatic rings. The molecule has 6 rings (SSSR count). The summed E-state index contributed by atoms with van der Waals surface area (Å²) < 4.78 is 34.4. The van der Waals surface area contributed by atoms with Crippen molar-refractivity contribution in [2.45, 2.75) is 194 Å². The van der Waals surface area contributed by atoms with Gasteiger partial charge < -0.3 is 0 Å². The quantitative estimate of drug-likeness (QED) is 0.149. The third-order valence-corrected chi connectivity index (χ3v) is 38.2. The summed E-state index contributed by atoms with van der Waals surface area (Å²) >= 11 is 0.377. The van der Waals surface area contributed by atoms with Gasteiger partial charge in [0, 0.05) is 0 Å². The van der Waals surface area contributed by atoms with Gasteiger partial charge >= 0.3 is 346 Å². The van der Waals surface area contributed by atoms with Crippen LogP contribution in [0.15, 0.2) is 24.3 Å². The summed E-state index contributed by atoms with van der Waals surface area (Å²) in [5.41, 5.74) is 4.66.